The molecule has 0 saturated carbocycles. The lowest BCUT2D eigenvalue weighted by Gasteiger charge is -2.23. The Morgan fingerprint density at radius 1 is 1.42 bits per heavy atom. The van der Waals surface area contributed by atoms with Crippen molar-refractivity contribution in [2.24, 2.45) is 11.8 Å². The minimum atomic E-state index is -0.567. The molecule has 0 aromatic carbocycles. The number of nitro groups is 1. The lowest BCUT2D eigenvalue weighted by atomic mass is 9.98. The molecule has 2 heterocycles. The minimum absolute atomic E-state index is 0.00393. The summed E-state index contributed by atoms with van der Waals surface area (Å²) in [7, 11) is 0. The SMILES string of the molecule is C[C@@H]1CN(C(=O)Cn2cc([N+](=O)[O-])cn2)C[C@H]1C(=O)OC(C)(C)C. The number of carbonyl (C=O) groups is 2. The molecule has 0 spiro atoms. The average Bonchev–Trinajstić information content (AvgIpc) is 3.03. The van der Waals surface area contributed by atoms with Crippen LogP contribution < -0.4 is 0 Å². The number of likely N-dealkylation sites (tertiary alicyclic amines) is 1. The predicted molar refractivity (Wildman–Crippen MR) is 84.0 cm³/mol. The highest BCUT2D eigenvalue weighted by atomic mass is 16.6. The maximum atomic E-state index is 12.3. The van der Waals surface area contributed by atoms with Crippen LogP contribution in [0.15, 0.2) is 12.4 Å². The van der Waals surface area contributed by atoms with Gasteiger partial charge in [0.15, 0.2) is 0 Å². The monoisotopic (exact) mass is 338 g/mol. The molecule has 132 valence electrons. The lowest BCUT2D eigenvalue weighted by molar-refractivity contribution is -0.385. The van der Waals surface area contributed by atoms with Gasteiger partial charge in [-0.25, -0.2) is 0 Å². The number of ether oxygens (including phenoxy) is 1. The molecule has 0 radical (unpaired) electrons. The van der Waals surface area contributed by atoms with Gasteiger partial charge in [-0.1, -0.05) is 6.92 Å². The van der Waals surface area contributed by atoms with Crippen LogP contribution in [-0.2, 0) is 20.9 Å². The quantitative estimate of drug-likeness (QED) is 0.464. The normalized spacial score (nSPS) is 20.9. The molecule has 1 aromatic heterocycles. The second-order valence-electron chi connectivity index (χ2n) is 7.07. The molecule has 1 fully saturated rings. The third-order valence-corrected chi connectivity index (χ3v) is 3.80. The van der Waals surface area contributed by atoms with Crippen LogP contribution in [0.2, 0.25) is 0 Å². The van der Waals surface area contributed by atoms with E-state index in [1.54, 1.807) is 25.7 Å². The summed E-state index contributed by atoms with van der Waals surface area (Å²) in [5.41, 5.74) is -0.730. The van der Waals surface area contributed by atoms with Crippen molar-refractivity contribution in [2.45, 2.75) is 39.8 Å². The average molecular weight is 338 g/mol. The van der Waals surface area contributed by atoms with Crippen molar-refractivity contribution in [3.63, 3.8) is 0 Å². The smallest absolute Gasteiger partial charge is 0.311 e. The maximum Gasteiger partial charge on any atom is 0.311 e. The Morgan fingerprint density at radius 3 is 2.62 bits per heavy atom. The fourth-order valence-electron chi connectivity index (χ4n) is 2.63. The van der Waals surface area contributed by atoms with E-state index in [-0.39, 0.29) is 42.5 Å². The number of amides is 1. The molecule has 9 heteroatoms. The van der Waals surface area contributed by atoms with E-state index in [9.17, 15) is 19.7 Å². The van der Waals surface area contributed by atoms with E-state index in [1.807, 2.05) is 6.92 Å². The van der Waals surface area contributed by atoms with Gasteiger partial charge in [0.2, 0.25) is 5.91 Å². The van der Waals surface area contributed by atoms with Crippen LogP contribution in [0.4, 0.5) is 5.69 Å². The molecule has 1 amide bonds. The Morgan fingerprint density at radius 2 is 2.08 bits per heavy atom. The summed E-state index contributed by atoms with van der Waals surface area (Å²) in [5.74, 6) is -0.901. The van der Waals surface area contributed by atoms with Crippen molar-refractivity contribution < 1.29 is 19.2 Å². The lowest BCUT2D eigenvalue weighted by Crippen LogP contribution is -2.34. The summed E-state index contributed by atoms with van der Waals surface area (Å²) in [5, 5.41) is 14.4. The molecular weight excluding hydrogens is 316 g/mol. The van der Waals surface area contributed by atoms with Gasteiger partial charge in [-0.15, -0.1) is 0 Å². The zero-order valence-electron chi connectivity index (χ0n) is 14.3. The molecule has 2 atom stereocenters. The first-order valence-corrected chi connectivity index (χ1v) is 7.74. The van der Waals surface area contributed by atoms with Gasteiger partial charge in [-0.3, -0.25) is 24.4 Å². The van der Waals surface area contributed by atoms with Crippen LogP contribution in [0, 0.1) is 22.0 Å². The van der Waals surface area contributed by atoms with Gasteiger partial charge in [0.05, 0.1) is 10.8 Å². The zero-order valence-corrected chi connectivity index (χ0v) is 14.3. The zero-order chi connectivity index (χ0) is 18.1. The molecule has 0 aliphatic carbocycles. The summed E-state index contributed by atoms with van der Waals surface area (Å²) >= 11 is 0. The van der Waals surface area contributed by atoms with Crippen LogP contribution >= 0.6 is 0 Å². The van der Waals surface area contributed by atoms with E-state index >= 15 is 0 Å². The summed E-state index contributed by atoms with van der Waals surface area (Å²) in [4.78, 5) is 36.2. The Balaban J connectivity index is 1.96. The fourth-order valence-corrected chi connectivity index (χ4v) is 2.63. The predicted octanol–water partition coefficient (Wildman–Crippen LogP) is 1.23. The highest BCUT2D eigenvalue weighted by Crippen LogP contribution is 2.26. The standard InChI is InChI=1S/C15H22N4O5/c1-10-6-17(8-12(10)14(21)24-15(2,3)4)13(20)9-18-7-11(5-16-18)19(22)23/h5,7,10,12H,6,8-9H2,1-4H3/t10-,12-/m1/s1. The van der Waals surface area contributed by atoms with Crippen LogP contribution in [0.1, 0.15) is 27.7 Å². The highest BCUT2D eigenvalue weighted by molar-refractivity contribution is 5.79. The molecule has 1 aromatic rings. The molecule has 1 aliphatic rings. The van der Waals surface area contributed by atoms with E-state index in [1.165, 1.54) is 10.9 Å². The maximum absolute atomic E-state index is 12.3. The topological polar surface area (TPSA) is 108 Å². The largest absolute Gasteiger partial charge is 0.460 e. The molecule has 1 saturated heterocycles. The number of nitrogens with zero attached hydrogens (tertiary/aromatic N) is 4. The Labute approximate surface area is 139 Å². The fraction of sp³-hybridized carbons (Fsp3) is 0.667. The highest BCUT2D eigenvalue weighted by Gasteiger charge is 2.39. The summed E-state index contributed by atoms with van der Waals surface area (Å²) in [6.07, 6.45) is 2.31. The molecule has 1 aliphatic heterocycles. The second-order valence-corrected chi connectivity index (χ2v) is 7.07. The summed E-state index contributed by atoms with van der Waals surface area (Å²) in [6, 6.07) is 0. The number of esters is 1. The van der Waals surface area contributed by atoms with Crippen LogP contribution in [0.3, 0.4) is 0 Å². The van der Waals surface area contributed by atoms with Crippen molar-refractivity contribution in [2.75, 3.05) is 13.1 Å². The van der Waals surface area contributed by atoms with E-state index in [0.717, 1.165) is 6.20 Å². The first kappa shape index (κ1) is 17.9. The van der Waals surface area contributed by atoms with E-state index < -0.39 is 10.5 Å². The van der Waals surface area contributed by atoms with Crippen LogP contribution in [0.25, 0.3) is 0 Å². The molecule has 0 unspecified atom stereocenters. The van der Waals surface area contributed by atoms with Gasteiger partial charge in [-0.05, 0) is 26.7 Å². The van der Waals surface area contributed by atoms with Crippen LogP contribution in [0.5, 0.6) is 0 Å². The number of hydrogen-bond acceptors (Lipinski definition) is 6. The molecular formula is C15H22N4O5. The van der Waals surface area contributed by atoms with Crippen molar-refractivity contribution in [1.82, 2.24) is 14.7 Å². The van der Waals surface area contributed by atoms with Gasteiger partial charge in [0, 0.05) is 13.1 Å². The first-order chi connectivity index (χ1) is 11.1. The molecule has 0 N–H and O–H groups in total. The van der Waals surface area contributed by atoms with Crippen molar-refractivity contribution in [3.8, 4) is 0 Å². The Hall–Kier alpha value is -2.45. The number of carbonyl (C=O) groups excluding carboxylic acids is 2. The number of rotatable bonds is 4. The minimum Gasteiger partial charge on any atom is -0.460 e. The Bertz CT molecular complexity index is 649. The third kappa shape index (κ3) is 4.30. The van der Waals surface area contributed by atoms with E-state index in [0.29, 0.717) is 6.54 Å². The number of hydrogen-bond donors (Lipinski definition) is 0. The van der Waals surface area contributed by atoms with Gasteiger partial charge in [0.1, 0.15) is 24.5 Å². The van der Waals surface area contributed by atoms with Crippen molar-refractivity contribution in [1.29, 1.82) is 0 Å². The summed E-state index contributed by atoms with van der Waals surface area (Å²) < 4.78 is 6.63. The molecule has 24 heavy (non-hydrogen) atoms. The molecule has 2 rings (SSSR count). The summed E-state index contributed by atoms with van der Waals surface area (Å²) in [6.45, 7) is 7.96. The van der Waals surface area contributed by atoms with Gasteiger partial charge in [0.25, 0.3) is 0 Å². The van der Waals surface area contributed by atoms with Crippen molar-refractivity contribution in [3.05, 3.63) is 22.5 Å². The first-order valence-electron chi connectivity index (χ1n) is 7.74. The number of aromatic nitrogens is 2. The van der Waals surface area contributed by atoms with E-state index in [4.69, 9.17) is 4.74 Å². The molecule has 0 bridgehead atoms. The van der Waals surface area contributed by atoms with Gasteiger partial charge >= 0.3 is 11.7 Å². The van der Waals surface area contributed by atoms with Gasteiger partial charge < -0.3 is 9.64 Å². The van der Waals surface area contributed by atoms with E-state index in [2.05, 4.69) is 5.10 Å². The molecule has 9 nitrogen and oxygen atoms in total. The van der Waals surface area contributed by atoms with Crippen LogP contribution in [-0.4, -0.2) is 50.2 Å². The Kier molecular flexibility index (Phi) is 4.91. The third-order valence-electron chi connectivity index (χ3n) is 3.80. The van der Waals surface area contributed by atoms with Crippen molar-refractivity contribution >= 4 is 17.6 Å². The van der Waals surface area contributed by atoms with Gasteiger partial charge in [-0.2, -0.15) is 5.10 Å². The second kappa shape index (κ2) is 6.58.